The van der Waals surface area contributed by atoms with E-state index in [-0.39, 0.29) is 22.9 Å². The third-order valence-corrected chi connectivity index (χ3v) is 4.95. The minimum absolute atomic E-state index is 0.145. The molecule has 28 heavy (non-hydrogen) atoms. The number of halogens is 2. The number of benzene rings is 3. The molecule has 0 aliphatic carbocycles. The van der Waals surface area contributed by atoms with Crippen LogP contribution in [0.5, 0.6) is 0 Å². The third kappa shape index (κ3) is 3.49. The number of hydrogen-bond donors (Lipinski definition) is 1. The average molecular weight is 394 g/mol. The molecule has 4 nitrogen and oxygen atoms in total. The molecule has 0 fully saturated rings. The molecule has 0 aliphatic rings. The van der Waals surface area contributed by atoms with E-state index in [1.165, 1.54) is 18.3 Å². The molecule has 0 bridgehead atoms. The number of amides is 1. The second-order valence-electron chi connectivity index (χ2n) is 6.36. The molecule has 6 heteroatoms. The summed E-state index contributed by atoms with van der Waals surface area (Å²) in [5.74, 6) is -0.749. The molecule has 0 radical (unpaired) electrons. The quantitative estimate of drug-likeness (QED) is 0.371. The molecular formula is C22H17ClFN3O. The van der Waals surface area contributed by atoms with Gasteiger partial charge >= 0.3 is 0 Å². The summed E-state index contributed by atoms with van der Waals surface area (Å²) in [6, 6.07) is 20.6. The molecule has 1 heterocycles. The first kappa shape index (κ1) is 18.2. The van der Waals surface area contributed by atoms with Crippen molar-refractivity contribution in [2.24, 2.45) is 5.10 Å². The van der Waals surface area contributed by atoms with Crippen molar-refractivity contribution in [3.63, 3.8) is 0 Å². The van der Waals surface area contributed by atoms with Gasteiger partial charge in [0.1, 0.15) is 5.82 Å². The van der Waals surface area contributed by atoms with Crippen LogP contribution >= 0.6 is 11.6 Å². The summed E-state index contributed by atoms with van der Waals surface area (Å²) in [4.78, 5) is 12.2. The highest BCUT2D eigenvalue weighted by atomic mass is 35.5. The number of aryl methyl sites for hydroxylation is 1. The number of hydrazone groups is 1. The molecule has 3 aromatic carbocycles. The Labute approximate surface area is 166 Å². The summed E-state index contributed by atoms with van der Waals surface area (Å²) in [6.07, 6.45) is 1.46. The zero-order valence-corrected chi connectivity index (χ0v) is 15.7. The van der Waals surface area contributed by atoms with E-state index in [1.54, 1.807) is 6.07 Å². The Morgan fingerprint density at radius 3 is 2.29 bits per heavy atom. The molecule has 0 saturated carbocycles. The van der Waals surface area contributed by atoms with Gasteiger partial charge in [0.25, 0.3) is 0 Å². The van der Waals surface area contributed by atoms with Crippen LogP contribution in [0.2, 0.25) is 5.02 Å². The van der Waals surface area contributed by atoms with Crippen LogP contribution in [0.15, 0.2) is 71.8 Å². The van der Waals surface area contributed by atoms with Crippen molar-refractivity contribution < 1.29 is 9.18 Å². The number of rotatable bonds is 5. The fourth-order valence-electron chi connectivity index (χ4n) is 3.32. The summed E-state index contributed by atoms with van der Waals surface area (Å²) in [5.41, 5.74) is 4.74. The normalized spacial score (nSPS) is 11.5. The monoisotopic (exact) mass is 393 g/mol. The fraction of sp³-hybridized carbons (Fsp3) is 0.0909. The fourth-order valence-corrected chi connectivity index (χ4v) is 3.53. The van der Waals surface area contributed by atoms with Gasteiger partial charge in [-0.1, -0.05) is 54.1 Å². The summed E-state index contributed by atoms with van der Waals surface area (Å²) in [7, 11) is 0. The SMILES string of the molecule is O=C(CCn1c2ccccc2c2ccccc21)NN=Cc1c(F)cccc1Cl. The molecule has 0 aliphatic heterocycles. The number of fused-ring (bicyclic) bond motifs is 3. The lowest BCUT2D eigenvalue weighted by Crippen LogP contribution is -2.19. The van der Waals surface area contributed by atoms with Crippen LogP contribution in [0.1, 0.15) is 12.0 Å². The number of carbonyl (C=O) groups is 1. The largest absolute Gasteiger partial charge is 0.340 e. The van der Waals surface area contributed by atoms with E-state index in [4.69, 9.17) is 11.6 Å². The highest BCUT2D eigenvalue weighted by molar-refractivity contribution is 6.33. The Kier molecular flexibility index (Phi) is 5.08. The van der Waals surface area contributed by atoms with E-state index in [0.29, 0.717) is 6.54 Å². The van der Waals surface area contributed by atoms with Gasteiger partial charge in [-0.3, -0.25) is 4.79 Å². The Morgan fingerprint density at radius 2 is 1.64 bits per heavy atom. The number of hydrogen-bond acceptors (Lipinski definition) is 2. The van der Waals surface area contributed by atoms with Gasteiger partial charge in [0, 0.05) is 40.3 Å². The number of nitrogens with zero attached hydrogens (tertiary/aromatic N) is 2. The van der Waals surface area contributed by atoms with Gasteiger partial charge in [0.05, 0.1) is 11.2 Å². The first-order chi connectivity index (χ1) is 13.6. The van der Waals surface area contributed by atoms with Gasteiger partial charge < -0.3 is 4.57 Å². The summed E-state index contributed by atoms with van der Waals surface area (Å²) in [6.45, 7) is 0.510. The van der Waals surface area contributed by atoms with Crippen LogP contribution < -0.4 is 5.43 Å². The van der Waals surface area contributed by atoms with E-state index in [1.807, 2.05) is 36.4 Å². The molecule has 0 atom stereocenters. The maximum Gasteiger partial charge on any atom is 0.241 e. The van der Waals surface area contributed by atoms with E-state index in [2.05, 4.69) is 27.2 Å². The molecule has 0 saturated heterocycles. The lowest BCUT2D eigenvalue weighted by Gasteiger charge is -2.07. The van der Waals surface area contributed by atoms with E-state index in [0.717, 1.165) is 21.8 Å². The highest BCUT2D eigenvalue weighted by Gasteiger charge is 2.11. The summed E-state index contributed by atoms with van der Waals surface area (Å²) < 4.78 is 15.8. The lowest BCUT2D eigenvalue weighted by molar-refractivity contribution is -0.121. The van der Waals surface area contributed by atoms with Crippen molar-refractivity contribution in [1.29, 1.82) is 0 Å². The first-order valence-corrected chi connectivity index (χ1v) is 9.25. The maximum atomic E-state index is 13.7. The van der Waals surface area contributed by atoms with Gasteiger partial charge in [-0.05, 0) is 24.3 Å². The lowest BCUT2D eigenvalue weighted by atomic mass is 10.2. The second kappa shape index (κ2) is 7.82. The molecule has 0 spiro atoms. The maximum absolute atomic E-state index is 13.7. The zero-order chi connectivity index (χ0) is 19.5. The van der Waals surface area contributed by atoms with Gasteiger partial charge in [0.2, 0.25) is 5.91 Å². The molecule has 0 unspecified atom stereocenters. The minimum Gasteiger partial charge on any atom is -0.340 e. The van der Waals surface area contributed by atoms with Crippen LogP contribution in [0.3, 0.4) is 0 Å². The Bertz CT molecular complexity index is 1130. The Morgan fingerprint density at radius 1 is 1.00 bits per heavy atom. The van der Waals surface area contributed by atoms with Gasteiger partial charge in [-0.15, -0.1) is 0 Å². The number of aromatic nitrogens is 1. The van der Waals surface area contributed by atoms with Crippen molar-refractivity contribution in [2.45, 2.75) is 13.0 Å². The predicted octanol–water partition coefficient (Wildman–Crippen LogP) is 5.13. The topological polar surface area (TPSA) is 46.4 Å². The van der Waals surface area contributed by atoms with Gasteiger partial charge in [-0.25, -0.2) is 9.82 Å². The average Bonchev–Trinajstić information content (AvgIpc) is 3.02. The van der Waals surface area contributed by atoms with Crippen LogP contribution in [-0.4, -0.2) is 16.7 Å². The van der Waals surface area contributed by atoms with Crippen LogP contribution in [0, 0.1) is 5.82 Å². The standard InChI is InChI=1S/C22H17ClFN3O/c23-18-8-5-9-19(24)17(18)14-25-26-22(28)12-13-27-20-10-3-1-6-15(20)16-7-2-4-11-21(16)27/h1-11,14H,12-13H2,(H,26,28). The first-order valence-electron chi connectivity index (χ1n) is 8.87. The Balaban J connectivity index is 1.49. The zero-order valence-electron chi connectivity index (χ0n) is 14.9. The van der Waals surface area contributed by atoms with E-state index >= 15 is 0 Å². The van der Waals surface area contributed by atoms with Gasteiger partial charge in [0.15, 0.2) is 0 Å². The molecule has 1 aromatic heterocycles. The van der Waals surface area contributed by atoms with Crippen molar-refractivity contribution in [3.8, 4) is 0 Å². The highest BCUT2D eigenvalue weighted by Crippen LogP contribution is 2.28. The van der Waals surface area contributed by atoms with Crippen LogP contribution in [0.25, 0.3) is 21.8 Å². The molecule has 1 amide bonds. The molecule has 140 valence electrons. The van der Waals surface area contributed by atoms with Gasteiger partial charge in [-0.2, -0.15) is 5.10 Å². The summed E-state index contributed by atoms with van der Waals surface area (Å²) >= 11 is 5.94. The van der Waals surface area contributed by atoms with Crippen molar-refractivity contribution in [1.82, 2.24) is 9.99 Å². The van der Waals surface area contributed by atoms with Crippen molar-refractivity contribution in [3.05, 3.63) is 83.1 Å². The second-order valence-corrected chi connectivity index (χ2v) is 6.77. The van der Waals surface area contributed by atoms with E-state index < -0.39 is 5.82 Å². The van der Waals surface area contributed by atoms with Crippen LogP contribution in [0.4, 0.5) is 4.39 Å². The number of para-hydroxylation sites is 2. The van der Waals surface area contributed by atoms with Crippen molar-refractivity contribution >= 4 is 45.5 Å². The molecule has 4 aromatic rings. The molecule has 4 rings (SSSR count). The Hall–Kier alpha value is -3.18. The van der Waals surface area contributed by atoms with E-state index in [9.17, 15) is 9.18 Å². The summed E-state index contributed by atoms with van der Waals surface area (Å²) in [5, 5.41) is 6.38. The number of nitrogens with one attached hydrogen (secondary N) is 1. The number of carbonyl (C=O) groups excluding carboxylic acids is 1. The molecular weight excluding hydrogens is 377 g/mol. The third-order valence-electron chi connectivity index (χ3n) is 4.62. The molecule has 1 N–H and O–H groups in total. The van der Waals surface area contributed by atoms with Crippen molar-refractivity contribution in [2.75, 3.05) is 0 Å². The smallest absolute Gasteiger partial charge is 0.241 e. The predicted molar refractivity (Wildman–Crippen MR) is 111 cm³/mol. The van der Waals surface area contributed by atoms with Crippen LogP contribution in [-0.2, 0) is 11.3 Å². The minimum atomic E-state index is -0.490.